The predicted molar refractivity (Wildman–Crippen MR) is 55.8 cm³/mol. The lowest BCUT2D eigenvalue weighted by Gasteiger charge is -2.37. The third-order valence-corrected chi connectivity index (χ3v) is 2.80. The molecule has 76 valence electrons. The molecule has 1 saturated carbocycles. The molecule has 0 radical (unpaired) electrons. The molecule has 1 rings (SSSR count). The van der Waals surface area contributed by atoms with Crippen LogP contribution in [0.25, 0.3) is 0 Å². The van der Waals surface area contributed by atoms with Gasteiger partial charge in [0.15, 0.2) is 5.96 Å². The Morgan fingerprint density at radius 1 is 1.31 bits per heavy atom. The second-order valence-corrected chi connectivity index (χ2v) is 4.18. The molecular weight excluding hydrogens is 162 g/mol. The number of guanidine groups is 1. The Bertz CT molecular complexity index is 171. The molecule has 13 heavy (non-hydrogen) atoms. The van der Waals surface area contributed by atoms with Crippen LogP contribution in [0.5, 0.6) is 0 Å². The summed E-state index contributed by atoms with van der Waals surface area (Å²) in [4.78, 5) is 2.05. The molecule has 0 spiro atoms. The van der Waals surface area contributed by atoms with Crippen molar-refractivity contribution in [2.75, 3.05) is 0 Å². The van der Waals surface area contributed by atoms with Crippen molar-refractivity contribution in [3.8, 4) is 0 Å². The molecule has 0 saturated heterocycles. The molecule has 1 aliphatic rings. The number of nitrogens with zero attached hydrogens (tertiary/aromatic N) is 1. The summed E-state index contributed by atoms with van der Waals surface area (Å²) in [5.74, 6) is 0.238. The monoisotopic (exact) mass is 183 g/mol. The van der Waals surface area contributed by atoms with Gasteiger partial charge in [0.25, 0.3) is 0 Å². The van der Waals surface area contributed by atoms with Crippen molar-refractivity contribution in [2.45, 2.75) is 58.0 Å². The average molecular weight is 183 g/mol. The second-order valence-electron chi connectivity index (χ2n) is 4.18. The zero-order valence-corrected chi connectivity index (χ0v) is 8.71. The summed E-state index contributed by atoms with van der Waals surface area (Å²) < 4.78 is 0. The van der Waals surface area contributed by atoms with Crippen LogP contribution in [0.15, 0.2) is 0 Å². The first-order chi connectivity index (χ1) is 6.13. The quantitative estimate of drug-likeness (QED) is 0.507. The SMILES string of the molecule is CC(C)N(C(=N)N)C1CCCCC1. The van der Waals surface area contributed by atoms with Gasteiger partial charge in [0.1, 0.15) is 0 Å². The van der Waals surface area contributed by atoms with Crippen LogP contribution in [0.2, 0.25) is 0 Å². The van der Waals surface area contributed by atoms with Crippen molar-refractivity contribution in [3.63, 3.8) is 0 Å². The summed E-state index contributed by atoms with van der Waals surface area (Å²) in [7, 11) is 0. The molecule has 1 aliphatic carbocycles. The van der Waals surface area contributed by atoms with Gasteiger partial charge in [-0.25, -0.2) is 0 Å². The topological polar surface area (TPSA) is 53.1 Å². The highest BCUT2D eigenvalue weighted by atomic mass is 15.3. The zero-order chi connectivity index (χ0) is 9.84. The highest BCUT2D eigenvalue weighted by Gasteiger charge is 2.23. The Labute approximate surface area is 80.8 Å². The van der Waals surface area contributed by atoms with Crippen LogP contribution in [-0.2, 0) is 0 Å². The molecule has 0 unspecified atom stereocenters. The van der Waals surface area contributed by atoms with E-state index in [-0.39, 0.29) is 5.96 Å². The molecule has 0 aromatic rings. The fourth-order valence-corrected chi connectivity index (χ4v) is 2.26. The summed E-state index contributed by atoms with van der Waals surface area (Å²) >= 11 is 0. The van der Waals surface area contributed by atoms with Crippen molar-refractivity contribution in [1.82, 2.24) is 4.90 Å². The van der Waals surface area contributed by atoms with E-state index in [1.807, 2.05) is 0 Å². The van der Waals surface area contributed by atoms with Crippen molar-refractivity contribution in [3.05, 3.63) is 0 Å². The van der Waals surface area contributed by atoms with E-state index in [9.17, 15) is 0 Å². The van der Waals surface area contributed by atoms with Gasteiger partial charge in [0, 0.05) is 12.1 Å². The lowest BCUT2D eigenvalue weighted by atomic mass is 9.93. The molecule has 0 aromatic carbocycles. The van der Waals surface area contributed by atoms with E-state index in [0.717, 1.165) is 0 Å². The van der Waals surface area contributed by atoms with Crippen molar-refractivity contribution < 1.29 is 0 Å². The first kappa shape index (κ1) is 10.4. The summed E-state index contributed by atoms with van der Waals surface area (Å²) in [5, 5.41) is 7.52. The van der Waals surface area contributed by atoms with Gasteiger partial charge in [-0.05, 0) is 26.7 Å². The first-order valence-corrected chi connectivity index (χ1v) is 5.25. The van der Waals surface area contributed by atoms with Gasteiger partial charge in [0.05, 0.1) is 0 Å². The maximum absolute atomic E-state index is 7.52. The third-order valence-electron chi connectivity index (χ3n) is 2.80. The summed E-state index contributed by atoms with van der Waals surface area (Å²) in [5.41, 5.74) is 5.58. The maximum Gasteiger partial charge on any atom is 0.188 e. The van der Waals surface area contributed by atoms with Crippen LogP contribution < -0.4 is 5.73 Å². The molecule has 0 aliphatic heterocycles. The van der Waals surface area contributed by atoms with Crippen molar-refractivity contribution in [1.29, 1.82) is 5.41 Å². The fraction of sp³-hybridized carbons (Fsp3) is 0.900. The van der Waals surface area contributed by atoms with E-state index < -0.39 is 0 Å². The van der Waals surface area contributed by atoms with Gasteiger partial charge in [-0.1, -0.05) is 19.3 Å². The normalized spacial score (nSPS) is 19.0. The highest BCUT2D eigenvalue weighted by molar-refractivity contribution is 5.75. The predicted octanol–water partition coefficient (Wildman–Crippen LogP) is 1.92. The Morgan fingerprint density at radius 2 is 1.85 bits per heavy atom. The molecule has 0 bridgehead atoms. The Morgan fingerprint density at radius 3 is 2.23 bits per heavy atom. The summed E-state index contributed by atoms with van der Waals surface area (Å²) in [6.45, 7) is 4.21. The van der Waals surface area contributed by atoms with Crippen LogP contribution in [0.1, 0.15) is 46.0 Å². The van der Waals surface area contributed by atoms with Crippen molar-refractivity contribution in [2.24, 2.45) is 5.73 Å². The Balaban J connectivity index is 2.57. The minimum absolute atomic E-state index is 0.238. The molecule has 0 amide bonds. The van der Waals surface area contributed by atoms with Gasteiger partial charge in [0.2, 0.25) is 0 Å². The molecule has 0 atom stereocenters. The molecule has 3 nitrogen and oxygen atoms in total. The largest absolute Gasteiger partial charge is 0.370 e. The van der Waals surface area contributed by atoms with Gasteiger partial charge < -0.3 is 10.6 Å². The minimum atomic E-state index is 0.238. The highest BCUT2D eigenvalue weighted by Crippen LogP contribution is 2.23. The lowest BCUT2D eigenvalue weighted by molar-refractivity contribution is 0.205. The second kappa shape index (κ2) is 4.49. The molecule has 3 N–H and O–H groups in total. The maximum atomic E-state index is 7.52. The van der Waals surface area contributed by atoms with E-state index in [1.165, 1.54) is 32.1 Å². The minimum Gasteiger partial charge on any atom is -0.370 e. The summed E-state index contributed by atoms with van der Waals surface area (Å²) in [6.07, 6.45) is 6.35. The molecule has 0 aromatic heterocycles. The van der Waals surface area contributed by atoms with Gasteiger partial charge in [-0.3, -0.25) is 5.41 Å². The van der Waals surface area contributed by atoms with Crippen LogP contribution in [0.3, 0.4) is 0 Å². The van der Waals surface area contributed by atoms with E-state index in [2.05, 4.69) is 18.7 Å². The molecule has 1 fully saturated rings. The standard InChI is InChI=1S/C10H21N3/c1-8(2)13(10(11)12)9-6-4-3-5-7-9/h8-9H,3-7H2,1-2H3,(H3,11,12). The van der Waals surface area contributed by atoms with Crippen LogP contribution >= 0.6 is 0 Å². The smallest absolute Gasteiger partial charge is 0.188 e. The van der Waals surface area contributed by atoms with Crippen LogP contribution in [0, 0.1) is 5.41 Å². The molecule has 0 heterocycles. The molecular formula is C10H21N3. The molecule has 3 heteroatoms. The summed E-state index contributed by atoms with van der Waals surface area (Å²) in [6, 6.07) is 0.881. The average Bonchev–Trinajstić information content (AvgIpc) is 2.04. The van der Waals surface area contributed by atoms with Gasteiger partial charge >= 0.3 is 0 Å². The fourth-order valence-electron chi connectivity index (χ4n) is 2.26. The van der Waals surface area contributed by atoms with E-state index >= 15 is 0 Å². The zero-order valence-electron chi connectivity index (χ0n) is 8.71. The Hall–Kier alpha value is -0.730. The van der Waals surface area contributed by atoms with Gasteiger partial charge in [-0.15, -0.1) is 0 Å². The van der Waals surface area contributed by atoms with E-state index in [0.29, 0.717) is 12.1 Å². The van der Waals surface area contributed by atoms with Crippen LogP contribution in [0.4, 0.5) is 0 Å². The van der Waals surface area contributed by atoms with Gasteiger partial charge in [-0.2, -0.15) is 0 Å². The lowest BCUT2D eigenvalue weighted by Crippen LogP contribution is -2.48. The number of rotatable bonds is 2. The number of hydrogen-bond donors (Lipinski definition) is 2. The van der Waals surface area contributed by atoms with Crippen LogP contribution in [-0.4, -0.2) is 22.9 Å². The Kier molecular flexibility index (Phi) is 3.58. The third kappa shape index (κ3) is 2.61. The van der Waals surface area contributed by atoms with E-state index in [1.54, 1.807) is 0 Å². The first-order valence-electron chi connectivity index (χ1n) is 5.25. The number of nitrogens with one attached hydrogen (secondary N) is 1. The van der Waals surface area contributed by atoms with Crippen molar-refractivity contribution >= 4 is 5.96 Å². The number of hydrogen-bond acceptors (Lipinski definition) is 1. The number of nitrogens with two attached hydrogens (primary N) is 1. The van der Waals surface area contributed by atoms with E-state index in [4.69, 9.17) is 11.1 Å².